The summed E-state index contributed by atoms with van der Waals surface area (Å²) in [7, 11) is 0. The third kappa shape index (κ3) is 4.95. The summed E-state index contributed by atoms with van der Waals surface area (Å²) in [5.41, 5.74) is 2.10. The van der Waals surface area contributed by atoms with Crippen LogP contribution in [-0.4, -0.2) is 20.2 Å². The minimum atomic E-state index is 0.448. The van der Waals surface area contributed by atoms with Crippen LogP contribution in [0.1, 0.15) is 30.9 Å². The Hall–Kier alpha value is -2.60. The van der Waals surface area contributed by atoms with Crippen LogP contribution < -0.4 is 10.1 Å². The van der Waals surface area contributed by atoms with Crippen LogP contribution in [0, 0.1) is 0 Å². The molecule has 0 aliphatic rings. The number of unbranched alkanes of at least 4 members (excludes halogenated alkanes) is 1. The van der Waals surface area contributed by atoms with E-state index in [-0.39, 0.29) is 0 Å². The first kappa shape index (κ1) is 18.2. The van der Waals surface area contributed by atoms with Crippen molar-refractivity contribution < 1.29 is 4.74 Å². The average molecular weight is 372 g/mol. The minimum Gasteiger partial charge on any atom is -0.489 e. The third-order valence-electron chi connectivity index (χ3n) is 3.98. The highest BCUT2D eigenvalue weighted by atomic mass is 35.5. The number of nitrogens with zero attached hydrogens (tertiary/aromatic N) is 4. The molecule has 1 heterocycles. The van der Waals surface area contributed by atoms with Crippen molar-refractivity contribution in [2.45, 2.75) is 39.5 Å². The van der Waals surface area contributed by atoms with Crippen LogP contribution in [0.2, 0.25) is 5.02 Å². The molecule has 0 unspecified atom stereocenters. The van der Waals surface area contributed by atoms with Gasteiger partial charge in [0.1, 0.15) is 12.4 Å². The van der Waals surface area contributed by atoms with Gasteiger partial charge in [-0.05, 0) is 40.6 Å². The molecular weight excluding hydrogens is 350 g/mol. The number of hydrogen-bond donors (Lipinski definition) is 1. The Morgan fingerprint density at radius 3 is 2.69 bits per heavy atom. The summed E-state index contributed by atoms with van der Waals surface area (Å²) in [6.45, 7) is 4.06. The smallest absolute Gasteiger partial charge is 0.243 e. The molecule has 1 aromatic heterocycles. The van der Waals surface area contributed by atoms with Crippen LogP contribution in [0.3, 0.4) is 0 Å². The second kappa shape index (κ2) is 9.20. The maximum absolute atomic E-state index is 6.14. The van der Waals surface area contributed by atoms with E-state index >= 15 is 0 Å². The standard InChI is InChI=1S/C19H22ClN5O/c1-2-3-12-25-19(22-23-24-25)21-13-15-8-10-17(11-9-15)26-14-16-6-4-5-7-18(16)20/h4-11H,2-3,12-14H2,1H3,(H,21,22,24). The van der Waals surface area contributed by atoms with Gasteiger partial charge in [0.05, 0.1) is 0 Å². The number of benzene rings is 2. The summed E-state index contributed by atoms with van der Waals surface area (Å²) in [6.07, 6.45) is 2.16. The predicted octanol–water partition coefficient (Wildman–Crippen LogP) is 4.32. The van der Waals surface area contributed by atoms with Crippen LogP contribution in [0.25, 0.3) is 0 Å². The Labute approximate surface area is 158 Å². The monoisotopic (exact) mass is 371 g/mol. The number of tetrazole rings is 1. The van der Waals surface area contributed by atoms with Gasteiger partial charge in [-0.25, -0.2) is 4.68 Å². The molecule has 26 heavy (non-hydrogen) atoms. The van der Waals surface area contributed by atoms with Crippen LogP contribution in [-0.2, 0) is 19.7 Å². The van der Waals surface area contributed by atoms with Gasteiger partial charge in [0.25, 0.3) is 0 Å². The Morgan fingerprint density at radius 1 is 1.12 bits per heavy atom. The van der Waals surface area contributed by atoms with Crippen molar-refractivity contribution in [1.29, 1.82) is 0 Å². The number of anilines is 1. The van der Waals surface area contributed by atoms with Crippen molar-refractivity contribution in [3.05, 3.63) is 64.7 Å². The molecule has 136 valence electrons. The molecule has 3 aromatic rings. The number of aromatic nitrogens is 4. The SMILES string of the molecule is CCCCn1nnnc1NCc1ccc(OCc2ccccc2Cl)cc1. The van der Waals surface area contributed by atoms with Crippen LogP contribution >= 0.6 is 11.6 Å². The third-order valence-corrected chi connectivity index (χ3v) is 4.35. The number of nitrogens with one attached hydrogen (secondary N) is 1. The molecule has 0 atom stereocenters. The summed E-state index contributed by atoms with van der Waals surface area (Å²) >= 11 is 6.14. The van der Waals surface area contributed by atoms with E-state index in [4.69, 9.17) is 16.3 Å². The molecule has 1 N–H and O–H groups in total. The maximum Gasteiger partial charge on any atom is 0.243 e. The summed E-state index contributed by atoms with van der Waals surface area (Å²) in [5.74, 6) is 1.50. The largest absolute Gasteiger partial charge is 0.489 e. The van der Waals surface area contributed by atoms with Gasteiger partial charge in [-0.15, -0.1) is 0 Å². The van der Waals surface area contributed by atoms with Gasteiger partial charge in [0, 0.05) is 23.7 Å². The average Bonchev–Trinajstić information content (AvgIpc) is 3.12. The molecule has 7 heteroatoms. The number of ether oxygens (including phenoxy) is 1. The lowest BCUT2D eigenvalue weighted by Crippen LogP contribution is -2.09. The quantitative estimate of drug-likeness (QED) is 0.606. The number of halogens is 1. The van der Waals surface area contributed by atoms with Crippen molar-refractivity contribution in [3.8, 4) is 5.75 Å². The first-order valence-corrected chi connectivity index (χ1v) is 9.09. The van der Waals surface area contributed by atoms with Gasteiger partial charge in [0.2, 0.25) is 5.95 Å². The molecule has 0 saturated carbocycles. The van der Waals surface area contributed by atoms with Crippen molar-refractivity contribution in [1.82, 2.24) is 20.2 Å². The lowest BCUT2D eigenvalue weighted by Gasteiger charge is -2.09. The molecular formula is C19H22ClN5O. The van der Waals surface area contributed by atoms with Gasteiger partial charge in [-0.1, -0.05) is 60.4 Å². The van der Waals surface area contributed by atoms with Crippen LogP contribution in [0.5, 0.6) is 5.75 Å². The van der Waals surface area contributed by atoms with E-state index in [1.165, 1.54) is 0 Å². The molecule has 0 fully saturated rings. The molecule has 0 aliphatic carbocycles. The second-order valence-corrected chi connectivity index (χ2v) is 6.36. The zero-order chi connectivity index (χ0) is 18.2. The topological polar surface area (TPSA) is 64.9 Å². The van der Waals surface area contributed by atoms with E-state index in [2.05, 4.69) is 27.8 Å². The number of hydrogen-bond acceptors (Lipinski definition) is 5. The Balaban J connectivity index is 1.52. The van der Waals surface area contributed by atoms with E-state index in [1.807, 2.05) is 48.5 Å². The summed E-state index contributed by atoms with van der Waals surface area (Å²) in [5, 5.41) is 15.7. The van der Waals surface area contributed by atoms with E-state index < -0.39 is 0 Å². The van der Waals surface area contributed by atoms with Gasteiger partial charge in [-0.2, -0.15) is 0 Å². The zero-order valence-corrected chi connectivity index (χ0v) is 15.5. The molecule has 2 aromatic carbocycles. The van der Waals surface area contributed by atoms with E-state index in [1.54, 1.807) is 4.68 Å². The first-order valence-electron chi connectivity index (χ1n) is 8.71. The fourth-order valence-corrected chi connectivity index (χ4v) is 2.64. The van der Waals surface area contributed by atoms with E-state index in [0.29, 0.717) is 24.1 Å². The first-order chi connectivity index (χ1) is 12.8. The van der Waals surface area contributed by atoms with Crippen molar-refractivity contribution in [2.24, 2.45) is 0 Å². The molecule has 0 radical (unpaired) electrons. The number of aryl methyl sites for hydroxylation is 1. The highest BCUT2D eigenvalue weighted by molar-refractivity contribution is 6.31. The molecule has 6 nitrogen and oxygen atoms in total. The van der Waals surface area contributed by atoms with Gasteiger partial charge >= 0.3 is 0 Å². The van der Waals surface area contributed by atoms with Gasteiger partial charge in [0.15, 0.2) is 0 Å². The fraction of sp³-hybridized carbons (Fsp3) is 0.316. The minimum absolute atomic E-state index is 0.448. The van der Waals surface area contributed by atoms with Crippen molar-refractivity contribution in [2.75, 3.05) is 5.32 Å². The maximum atomic E-state index is 6.14. The van der Waals surface area contributed by atoms with Gasteiger partial charge in [-0.3, -0.25) is 0 Å². The molecule has 0 saturated heterocycles. The molecule has 0 aliphatic heterocycles. The Morgan fingerprint density at radius 2 is 1.92 bits per heavy atom. The number of rotatable bonds is 9. The van der Waals surface area contributed by atoms with Crippen LogP contribution in [0.4, 0.5) is 5.95 Å². The normalized spacial score (nSPS) is 10.7. The van der Waals surface area contributed by atoms with Gasteiger partial charge < -0.3 is 10.1 Å². The molecule has 3 rings (SSSR count). The fourth-order valence-electron chi connectivity index (χ4n) is 2.45. The van der Waals surface area contributed by atoms with E-state index in [9.17, 15) is 0 Å². The lowest BCUT2D eigenvalue weighted by molar-refractivity contribution is 0.306. The lowest BCUT2D eigenvalue weighted by atomic mass is 10.2. The van der Waals surface area contributed by atoms with Crippen LogP contribution in [0.15, 0.2) is 48.5 Å². The summed E-state index contributed by atoms with van der Waals surface area (Å²) in [6, 6.07) is 15.6. The molecule has 0 amide bonds. The Bertz CT molecular complexity index is 819. The summed E-state index contributed by atoms with van der Waals surface area (Å²) in [4.78, 5) is 0. The zero-order valence-electron chi connectivity index (χ0n) is 14.7. The Kier molecular flexibility index (Phi) is 6.44. The summed E-state index contributed by atoms with van der Waals surface area (Å²) < 4.78 is 7.60. The van der Waals surface area contributed by atoms with E-state index in [0.717, 1.165) is 36.3 Å². The highest BCUT2D eigenvalue weighted by Gasteiger charge is 2.05. The second-order valence-electron chi connectivity index (χ2n) is 5.96. The molecule has 0 spiro atoms. The van der Waals surface area contributed by atoms with Crippen molar-refractivity contribution in [3.63, 3.8) is 0 Å². The predicted molar refractivity (Wildman–Crippen MR) is 102 cm³/mol. The highest BCUT2D eigenvalue weighted by Crippen LogP contribution is 2.19. The van der Waals surface area contributed by atoms with Crippen molar-refractivity contribution >= 4 is 17.5 Å². The molecule has 0 bridgehead atoms.